The molecule has 0 spiro atoms. The second kappa shape index (κ2) is 10.5. The lowest BCUT2D eigenvalue weighted by Gasteiger charge is -2.25. The Morgan fingerprint density at radius 1 is 1.09 bits per heavy atom. The number of furan rings is 1. The third kappa shape index (κ3) is 5.55. The molecule has 0 atom stereocenters. The molecule has 1 aliphatic rings. The molecule has 2 heterocycles. The van der Waals surface area contributed by atoms with Gasteiger partial charge in [-0.15, -0.1) is 0 Å². The summed E-state index contributed by atoms with van der Waals surface area (Å²) in [6, 6.07) is 13.5. The number of rotatable bonds is 8. The molecule has 9 heteroatoms. The van der Waals surface area contributed by atoms with Crippen molar-refractivity contribution in [1.29, 1.82) is 0 Å². The van der Waals surface area contributed by atoms with Crippen LogP contribution >= 0.6 is 11.6 Å². The fourth-order valence-electron chi connectivity index (χ4n) is 3.59. The van der Waals surface area contributed by atoms with Crippen LogP contribution in [-0.4, -0.2) is 29.4 Å². The Morgan fingerprint density at radius 2 is 1.91 bits per heavy atom. The predicted octanol–water partition coefficient (Wildman–Crippen LogP) is 4.88. The molecule has 2 aromatic carbocycles. The lowest BCUT2D eigenvalue weighted by Crippen LogP contribution is -2.53. The Morgan fingerprint density at radius 3 is 2.63 bits per heavy atom. The van der Waals surface area contributed by atoms with Crippen molar-refractivity contribution < 1.29 is 28.3 Å². The largest absolute Gasteiger partial charge is 0.490 e. The zero-order chi connectivity index (χ0) is 24.9. The molecule has 1 aliphatic heterocycles. The Bertz CT molecular complexity index is 1300. The Kier molecular flexibility index (Phi) is 7.22. The zero-order valence-electron chi connectivity index (χ0n) is 19.2. The first-order valence-electron chi connectivity index (χ1n) is 10.9. The topological polar surface area (TPSA) is 98.1 Å². The molecule has 0 aliphatic carbocycles. The summed E-state index contributed by atoms with van der Waals surface area (Å²) in [7, 11) is 0. The van der Waals surface area contributed by atoms with Crippen LogP contribution < -0.4 is 14.8 Å². The summed E-state index contributed by atoms with van der Waals surface area (Å²) >= 11 is 6.51. The quantitative estimate of drug-likeness (QED) is 0.354. The number of amides is 4. The van der Waals surface area contributed by atoms with E-state index in [1.807, 2.05) is 38.1 Å². The highest BCUT2D eigenvalue weighted by Crippen LogP contribution is 2.38. The van der Waals surface area contributed by atoms with E-state index >= 15 is 0 Å². The summed E-state index contributed by atoms with van der Waals surface area (Å²) in [4.78, 5) is 38.6. The number of hydrogen-bond donors (Lipinski definition) is 1. The average Bonchev–Trinajstić information content (AvgIpc) is 3.32. The van der Waals surface area contributed by atoms with Gasteiger partial charge < -0.3 is 13.9 Å². The van der Waals surface area contributed by atoms with Gasteiger partial charge in [0.25, 0.3) is 11.8 Å². The van der Waals surface area contributed by atoms with E-state index in [1.54, 1.807) is 24.3 Å². The Labute approximate surface area is 207 Å². The van der Waals surface area contributed by atoms with Crippen LogP contribution in [0.4, 0.5) is 4.79 Å². The van der Waals surface area contributed by atoms with Crippen LogP contribution in [0, 0.1) is 6.92 Å². The lowest BCUT2D eigenvalue weighted by atomic mass is 10.1. The zero-order valence-corrected chi connectivity index (χ0v) is 19.9. The molecule has 0 unspecified atom stereocenters. The first-order chi connectivity index (χ1) is 16.9. The van der Waals surface area contributed by atoms with Crippen molar-refractivity contribution in [3.8, 4) is 11.5 Å². The number of carbonyl (C=O) groups excluding carboxylic acids is 3. The number of halogens is 1. The summed E-state index contributed by atoms with van der Waals surface area (Å²) in [5, 5.41) is 2.43. The van der Waals surface area contributed by atoms with Crippen molar-refractivity contribution in [2.45, 2.75) is 27.0 Å². The van der Waals surface area contributed by atoms with E-state index < -0.39 is 17.8 Å². The molecule has 1 saturated heterocycles. The van der Waals surface area contributed by atoms with E-state index in [9.17, 15) is 14.4 Å². The van der Waals surface area contributed by atoms with Crippen LogP contribution in [-0.2, 0) is 22.7 Å². The van der Waals surface area contributed by atoms with Gasteiger partial charge in [0.1, 0.15) is 17.9 Å². The number of barbiturate groups is 1. The van der Waals surface area contributed by atoms with Crippen molar-refractivity contribution >= 4 is 35.5 Å². The predicted molar refractivity (Wildman–Crippen MR) is 129 cm³/mol. The number of carbonyl (C=O) groups is 3. The highest BCUT2D eigenvalue weighted by atomic mass is 35.5. The van der Waals surface area contributed by atoms with E-state index in [1.165, 1.54) is 12.3 Å². The van der Waals surface area contributed by atoms with Gasteiger partial charge in [0.15, 0.2) is 11.5 Å². The molecule has 0 bridgehead atoms. The number of urea groups is 1. The van der Waals surface area contributed by atoms with Crippen LogP contribution in [0.25, 0.3) is 6.08 Å². The van der Waals surface area contributed by atoms with Crippen molar-refractivity contribution in [2.75, 3.05) is 6.61 Å². The SMILES string of the molecule is CCOc1cc(/C=C2\C(=O)NC(=O)N(Cc3ccco3)C2=O)cc(Cl)c1OCc1cccc(C)c1. The maximum Gasteiger partial charge on any atom is 0.331 e. The highest BCUT2D eigenvalue weighted by molar-refractivity contribution is 6.33. The standard InChI is InChI=1S/C26H23ClN2O6/c1-3-33-22-13-18(12-21(27)23(22)35-15-17-7-4-6-16(2)10-17)11-20-24(30)28-26(32)29(25(20)31)14-19-8-5-9-34-19/h4-13H,3,14-15H2,1-2H3,(H,28,30,32)/b20-11+. The summed E-state index contributed by atoms with van der Waals surface area (Å²) < 4.78 is 16.9. The van der Waals surface area contributed by atoms with E-state index in [-0.39, 0.29) is 23.7 Å². The molecular weight excluding hydrogens is 472 g/mol. The van der Waals surface area contributed by atoms with Gasteiger partial charge in [0.2, 0.25) is 0 Å². The molecule has 4 amide bonds. The van der Waals surface area contributed by atoms with Gasteiger partial charge in [-0.05, 0) is 55.3 Å². The first-order valence-corrected chi connectivity index (χ1v) is 11.3. The Balaban J connectivity index is 1.61. The fourth-order valence-corrected chi connectivity index (χ4v) is 3.87. The first kappa shape index (κ1) is 24.1. The van der Waals surface area contributed by atoms with Crippen LogP contribution in [0.5, 0.6) is 11.5 Å². The third-order valence-corrected chi connectivity index (χ3v) is 5.47. The average molecular weight is 495 g/mol. The third-order valence-electron chi connectivity index (χ3n) is 5.19. The highest BCUT2D eigenvalue weighted by Gasteiger charge is 2.36. The van der Waals surface area contributed by atoms with Crippen LogP contribution in [0.3, 0.4) is 0 Å². The van der Waals surface area contributed by atoms with Crippen molar-refractivity contribution in [3.05, 3.63) is 87.8 Å². The maximum absolute atomic E-state index is 13.0. The summed E-state index contributed by atoms with van der Waals surface area (Å²) in [5.41, 5.74) is 2.30. The molecule has 4 rings (SSSR count). The number of nitrogens with one attached hydrogen (secondary N) is 1. The number of hydrogen-bond acceptors (Lipinski definition) is 6. The second-order valence-electron chi connectivity index (χ2n) is 7.83. The smallest absolute Gasteiger partial charge is 0.331 e. The summed E-state index contributed by atoms with van der Waals surface area (Å²) in [5.74, 6) is -0.426. The summed E-state index contributed by atoms with van der Waals surface area (Å²) in [6.07, 6.45) is 2.79. The maximum atomic E-state index is 13.0. The molecule has 1 fully saturated rings. The van der Waals surface area contributed by atoms with E-state index in [0.717, 1.165) is 16.0 Å². The van der Waals surface area contributed by atoms with E-state index in [0.29, 0.717) is 29.4 Å². The number of aryl methyl sites for hydroxylation is 1. The second-order valence-corrected chi connectivity index (χ2v) is 8.24. The van der Waals surface area contributed by atoms with Crippen LogP contribution in [0.2, 0.25) is 5.02 Å². The van der Waals surface area contributed by atoms with Gasteiger partial charge in [-0.25, -0.2) is 4.79 Å². The molecule has 1 N–H and O–H groups in total. The van der Waals surface area contributed by atoms with E-state index in [2.05, 4.69) is 5.32 Å². The van der Waals surface area contributed by atoms with Crippen LogP contribution in [0.15, 0.2) is 64.8 Å². The minimum absolute atomic E-state index is 0.112. The molecule has 35 heavy (non-hydrogen) atoms. The lowest BCUT2D eigenvalue weighted by molar-refractivity contribution is -0.130. The van der Waals surface area contributed by atoms with Gasteiger partial charge in [-0.3, -0.25) is 19.8 Å². The Hall–Kier alpha value is -4.04. The number of benzene rings is 2. The molecule has 0 radical (unpaired) electrons. The molecular formula is C26H23ClN2O6. The minimum atomic E-state index is -0.818. The molecule has 3 aromatic rings. The van der Waals surface area contributed by atoms with Gasteiger partial charge in [0, 0.05) is 0 Å². The fraction of sp³-hybridized carbons (Fsp3) is 0.192. The van der Waals surface area contributed by atoms with Crippen LogP contribution in [0.1, 0.15) is 29.4 Å². The number of ether oxygens (including phenoxy) is 2. The van der Waals surface area contributed by atoms with Crippen molar-refractivity contribution in [1.82, 2.24) is 10.2 Å². The van der Waals surface area contributed by atoms with E-state index in [4.69, 9.17) is 25.5 Å². The normalized spacial score (nSPS) is 14.9. The van der Waals surface area contributed by atoms with Gasteiger partial charge in [0.05, 0.1) is 24.4 Å². The van der Waals surface area contributed by atoms with Crippen molar-refractivity contribution in [3.63, 3.8) is 0 Å². The molecule has 0 saturated carbocycles. The monoisotopic (exact) mass is 494 g/mol. The number of nitrogens with zero attached hydrogens (tertiary/aromatic N) is 1. The molecule has 8 nitrogen and oxygen atoms in total. The van der Waals surface area contributed by atoms with Gasteiger partial charge >= 0.3 is 6.03 Å². The molecule has 180 valence electrons. The summed E-state index contributed by atoms with van der Waals surface area (Å²) in [6.45, 7) is 4.34. The van der Waals surface area contributed by atoms with Crippen molar-refractivity contribution in [2.24, 2.45) is 0 Å². The minimum Gasteiger partial charge on any atom is -0.490 e. The van der Waals surface area contributed by atoms with Gasteiger partial charge in [-0.2, -0.15) is 0 Å². The van der Waals surface area contributed by atoms with Gasteiger partial charge in [-0.1, -0.05) is 41.4 Å². The molecule has 1 aromatic heterocycles. The number of imide groups is 2.